The Kier molecular flexibility index (Phi) is 4.23. The first kappa shape index (κ1) is 11.9. The van der Waals surface area contributed by atoms with Crippen molar-refractivity contribution in [3.8, 4) is 0 Å². The number of aryl methyl sites for hydroxylation is 1. The fraction of sp³-hybridized carbons (Fsp3) is 0.818. The van der Waals surface area contributed by atoms with Crippen molar-refractivity contribution in [3.05, 3.63) is 11.4 Å². The van der Waals surface area contributed by atoms with E-state index < -0.39 is 0 Å². The zero-order chi connectivity index (χ0) is 11.4. The van der Waals surface area contributed by atoms with E-state index in [4.69, 9.17) is 0 Å². The van der Waals surface area contributed by atoms with Gasteiger partial charge in [0.1, 0.15) is 11.4 Å². The Balaban J connectivity index is 1.79. The zero-order valence-electron chi connectivity index (χ0n) is 9.90. The Bertz CT molecular complexity index is 329. The van der Waals surface area contributed by atoms with E-state index in [2.05, 4.69) is 26.5 Å². The van der Waals surface area contributed by atoms with Gasteiger partial charge in [-0.25, -0.2) is 4.63 Å². The Morgan fingerprint density at radius 3 is 3.00 bits per heavy atom. The quantitative estimate of drug-likeness (QED) is 0.875. The summed E-state index contributed by atoms with van der Waals surface area (Å²) >= 11 is 1.99. The maximum atomic E-state index is 4.68. The number of hydrogen-bond donors (Lipinski definition) is 1. The van der Waals surface area contributed by atoms with E-state index in [9.17, 15) is 0 Å². The molecule has 1 heterocycles. The summed E-state index contributed by atoms with van der Waals surface area (Å²) < 4.78 is 4.68. The summed E-state index contributed by atoms with van der Waals surface area (Å²) in [6.45, 7) is 2.71. The normalized spacial score (nSPS) is 25.9. The molecule has 5 heteroatoms. The molecule has 0 amide bonds. The van der Waals surface area contributed by atoms with Gasteiger partial charge in [0.15, 0.2) is 0 Å². The van der Waals surface area contributed by atoms with Crippen LogP contribution in [0.3, 0.4) is 0 Å². The lowest BCUT2D eigenvalue weighted by Gasteiger charge is -2.28. The third kappa shape index (κ3) is 2.98. The lowest BCUT2D eigenvalue weighted by atomic mass is 9.95. The van der Waals surface area contributed by atoms with Crippen molar-refractivity contribution in [1.82, 2.24) is 15.6 Å². The van der Waals surface area contributed by atoms with Crippen LogP contribution >= 0.6 is 11.8 Å². The highest BCUT2D eigenvalue weighted by atomic mass is 32.2. The molecule has 0 aromatic carbocycles. The van der Waals surface area contributed by atoms with Gasteiger partial charge in [0.2, 0.25) is 0 Å². The van der Waals surface area contributed by atoms with Crippen LogP contribution in [-0.2, 0) is 6.54 Å². The van der Waals surface area contributed by atoms with Crippen molar-refractivity contribution in [3.63, 3.8) is 0 Å². The molecule has 4 nitrogen and oxygen atoms in total. The molecule has 0 saturated heterocycles. The van der Waals surface area contributed by atoms with Gasteiger partial charge >= 0.3 is 0 Å². The summed E-state index contributed by atoms with van der Waals surface area (Å²) in [4.78, 5) is 0. The number of thioether (sulfide) groups is 1. The SMILES string of the molecule is CSC1CCCC(NCc2nonc2C)C1. The third-order valence-electron chi connectivity index (χ3n) is 3.26. The van der Waals surface area contributed by atoms with Crippen LogP contribution in [0, 0.1) is 6.92 Å². The van der Waals surface area contributed by atoms with Crippen molar-refractivity contribution in [2.24, 2.45) is 0 Å². The van der Waals surface area contributed by atoms with E-state index in [1.165, 1.54) is 25.7 Å². The van der Waals surface area contributed by atoms with Crippen LogP contribution in [0.4, 0.5) is 0 Å². The lowest BCUT2D eigenvalue weighted by molar-refractivity contribution is 0.298. The molecule has 1 aromatic heterocycles. The topological polar surface area (TPSA) is 51.0 Å². The number of rotatable bonds is 4. The molecule has 2 rings (SSSR count). The summed E-state index contributed by atoms with van der Waals surface area (Å²) in [5, 5.41) is 12.0. The molecule has 1 saturated carbocycles. The van der Waals surface area contributed by atoms with Gasteiger partial charge in [-0.3, -0.25) is 0 Å². The van der Waals surface area contributed by atoms with Crippen LogP contribution in [0.1, 0.15) is 37.1 Å². The van der Waals surface area contributed by atoms with E-state index in [-0.39, 0.29) is 0 Å². The van der Waals surface area contributed by atoms with Crippen LogP contribution < -0.4 is 5.32 Å². The minimum Gasteiger partial charge on any atom is -0.308 e. The molecule has 1 aliphatic carbocycles. The summed E-state index contributed by atoms with van der Waals surface area (Å²) in [5.74, 6) is 0. The van der Waals surface area contributed by atoms with Crippen molar-refractivity contribution >= 4 is 11.8 Å². The van der Waals surface area contributed by atoms with E-state index >= 15 is 0 Å². The molecule has 1 aromatic rings. The molecule has 90 valence electrons. The minimum atomic E-state index is 0.627. The monoisotopic (exact) mass is 241 g/mol. The summed E-state index contributed by atoms with van der Waals surface area (Å²) in [7, 11) is 0. The van der Waals surface area contributed by atoms with Gasteiger partial charge in [-0.2, -0.15) is 11.8 Å². The van der Waals surface area contributed by atoms with Crippen molar-refractivity contribution < 1.29 is 4.63 Å². The Morgan fingerprint density at radius 1 is 1.44 bits per heavy atom. The first-order valence-corrected chi connectivity index (χ1v) is 7.12. The molecule has 0 radical (unpaired) electrons. The smallest absolute Gasteiger partial charge is 0.121 e. The standard InChI is InChI=1S/C11H19N3OS/c1-8-11(14-15-13-8)7-12-9-4-3-5-10(6-9)16-2/h9-10,12H,3-7H2,1-2H3. The van der Waals surface area contributed by atoms with E-state index in [1.807, 2.05) is 18.7 Å². The van der Waals surface area contributed by atoms with Gasteiger partial charge in [0, 0.05) is 17.8 Å². The van der Waals surface area contributed by atoms with Gasteiger partial charge in [0.05, 0.1) is 0 Å². The highest BCUT2D eigenvalue weighted by Crippen LogP contribution is 2.26. The van der Waals surface area contributed by atoms with E-state index in [0.29, 0.717) is 6.04 Å². The third-order valence-corrected chi connectivity index (χ3v) is 4.36. The van der Waals surface area contributed by atoms with Gasteiger partial charge < -0.3 is 5.32 Å². The molecule has 1 fully saturated rings. The molecular weight excluding hydrogens is 222 g/mol. The number of nitrogens with zero attached hydrogens (tertiary/aromatic N) is 2. The maximum Gasteiger partial charge on any atom is 0.121 e. The Labute approximate surface area is 101 Å². The van der Waals surface area contributed by atoms with Crippen LogP contribution in [0.25, 0.3) is 0 Å². The Morgan fingerprint density at radius 2 is 2.31 bits per heavy atom. The highest BCUT2D eigenvalue weighted by molar-refractivity contribution is 7.99. The summed E-state index contributed by atoms with van der Waals surface area (Å²) in [6.07, 6.45) is 7.45. The second-order valence-corrected chi connectivity index (χ2v) is 5.54. The lowest BCUT2D eigenvalue weighted by Crippen LogP contribution is -2.34. The second kappa shape index (κ2) is 5.68. The predicted octanol–water partition coefficient (Wildman–Crippen LogP) is 2.14. The largest absolute Gasteiger partial charge is 0.308 e. The first-order valence-electron chi connectivity index (χ1n) is 5.84. The number of nitrogens with one attached hydrogen (secondary N) is 1. The van der Waals surface area contributed by atoms with Crippen molar-refractivity contribution in [2.45, 2.75) is 50.4 Å². The fourth-order valence-corrected chi connectivity index (χ4v) is 3.02. The van der Waals surface area contributed by atoms with E-state index in [1.54, 1.807) is 0 Å². The van der Waals surface area contributed by atoms with Crippen LogP contribution in [-0.4, -0.2) is 27.9 Å². The minimum absolute atomic E-state index is 0.627. The molecule has 1 N–H and O–H groups in total. The van der Waals surface area contributed by atoms with Crippen LogP contribution in [0.15, 0.2) is 4.63 Å². The van der Waals surface area contributed by atoms with Gasteiger partial charge in [-0.15, -0.1) is 0 Å². The number of hydrogen-bond acceptors (Lipinski definition) is 5. The first-order chi connectivity index (χ1) is 7.79. The van der Waals surface area contributed by atoms with Crippen molar-refractivity contribution in [1.29, 1.82) is 0 Å². The van der Waals surface area contributed by atoms with Crippen LogP contribution in [0.2, 0.25) is 0 Å². The average Bonchev–Trinajstić information content (AvgIpc) is 2.72. The summed E-state index contributed by atoms with van der Waals surface area (Å²) in [6, 6.07) is 0.627. The predicted molar refractivity (Wildman–Crippen MR) is 65.4 cm³/mol. The molecular formula is C11H19N3OS. The summed E-state index contributed by atoms with van der Waals surface area (Å²) in [5.41, 5.74) is 1.83. The molecule has 0 spiro atoms. The zero-order valence-corrected chi connectivity index (χ0v) is 10.7. The van der Waals surface area contributed by atoms with Gasteiger partial charge in [-0.05, 0) is 32.4 Å². The molecule has 2 atom stereocenters. The molecule has 1 aliphatic rings. The van der Waals surface area contributed by atoms with E-state index in [0.717, 1.165) is 23.2 Å². The molecule has 0 aliphatic heterocycles. The fourth-order valence-electron chi connectivity index (χ4n) is 2.20. The highest BCUT2D eigenvalue weighted by Gasteiger charge is 2.21. The maximum absolute atomic E-state index is 4.68. The average molecular weight is 241 g/mol. The molecule has 16 heavy (non-hydrogen) atoms. The molecule has 0 bridgehead atoms. The molecule has 2 unspecified atom stereocenters. The second-order valence-electron chi connectivity index (χ2n) is 4.40. The van der Waals surface area contributed by atoms with Gasteiger partial charge in [-0.1, -0.05) is 16.7 Å². The Hall–Kier alpha value is -0.550. The van der Waals surface area contributed by atoms with Crippen molar-refractivity contribution in [2.75, 3.05) is 6.26 Å². The van der Waals surface area contributed by atoms with Gasteiger partial charge in [0.25, 0.3) is 0 Å². The number of aromatic nitrogens is 2. The van der Waals surface area contributed by atoms with Crippen LogP contribution in [0.5, 0.6) is 0 Å².